The lowest BCUT2D eigenvalue weighted by Crippen LogP contribution is -2.05. The van der Waals surface area contributed by atoms with Crippen molar-refractivity contribution >= 4 is 35.2 Å². The fourth-order valence-corrected chi connectivity index (χ4v) is 1.22. The fraction of sp³-hybridized carbons (Fsp3) is 0. The van der Waals surface area contributed by atoms with Crippen molar-refractivity contribution < 1.29 is 4.79 Å². The summed E-state index contributed by atoms with van der Waals surface area (Å²) >= 11 is 11.5. The molecule has 0 aliphatic heterocycles. The summed E-state index contributed by atoms with van der Waals surface area (Å²) in [6.07, 6.45) is 4.08. The Hall–Kier alpha value is -1.06. The van der Waals surface area contributed by atoms with Crippen molar-refractivity contribution in [3.05, 3.63) is 34.1 Å². The Labute approximate surface area is 85.2 Å². The minimum atomic E-state index is -0.559. The van der Waals surface area contributed by atoms with E-state index in [9.17, 15) is 4.79 Å². The van der Waals surface area contributed by atoms with E-state index in [1.165, 1.54) is 18.3 Å². The molecule has 1 aromatic rings. The number of aromatic nitrogens is 1. The van der Waals surface area contributed by atoms with Crippen molar-refractivity contribution in [1.29, 1.82) is 0 Å². The van der Waals surface area contributed by atoms with E-state index < -0.39 is 5.91 Å². The fourth-order valence-electron chi connectivity index (χ4n) is 0.740. The summed E-state index contributed by atoms with van der Waals surface area (Å²) in [5, 5.41) is 0.669. The first-order valence-corrected chi connectivity index (χ1v) is 4.14. The zero-order valence-electron chi connectivity index (χ0n) is 6.50. The Kier molecular flexibility index (Phi) is 3.28. The third-order valence-electron chi connectivity index (χ3n) is 1.30. The summed E-state index contributed by atoms with van der Waals surface area (Å²) in [5.74, 6) is -0.559. The third-order valence-corrected chi connectivity index (χ3v) is 1.93. The summed E-state index contributed by atoms with van der Waals surface area (Å²) in [6.45, 7) is 0. The van der Waals surface area contributed by atoms with Gasteiger partial charge in [-0.2, -0.15) is 0 Å². The van der Waals surface area contributed by atoms with Gasteiger partial charge in [0.05, 0.1) is 5.02 Å². The van der Waals surface area contributed by atoms with Crippen LogP contribution in [0.4, 0.5) is 0 Å². The smallest absolute Gasteiger partial charge is 0.241 e. The lowest BCUT2D eigenvalue weighted by molar-refractivity contribution is -0.113. The molecule has 68 valence electrons. The van der Waals surface area contributed by atoms with E-state index in [0.717, 1.165) is 0 Å². The summed E-state index contributed by atoms with van der Waals surface area (Å²) < 4.78 is 0. The molecule has 0 unspecified atom stereocenters. The van der Waals surface area contributed by atoms with Gasteiger partial charge < -0.3 is 5.73 Å². The normalized spacial score (nSPS) is 10.6. The van der Waals surface area contributed by atoms with Crippen LogP contribution < -0.4 is 5.73 Å². The molecule has 0 aliphatic carbocycles. The predicted molar refractivity (Wildman–Crippen MR) is 52.5 cm³/mol. The first-order valence-electron chi connectivity index (χ1n) is 3.39. The third kappa shape index (κ3) is 2.72. The number of primary amides is 1. The molecule has 2 N–H and O–H groups in total. The van der Waals surface area contributed by atoms with E-state index >= 15 is 0 Å². The minimum Gasteiger partial charge on any atom is -0.366 e. The number of halogens is 2. The molecule has 0 saturated heterocycles. The molecule has 0 saturated carbocycles. The van der Waals surface area contributed by atoms with Crippen molar-refractivity contribution in [3.63, 3.8) is 0 Å². The monoisotopic (exact) mass is 216 g/mol. The average Bonchev–Trinajstić information content (AvgIpc) is 2.03. The number of carbonyl (C=O) groups excluding carboxylic acids is 1. The molecule has 13 heavy (non-hydrogen) atoms. The van der Waals surface area contributed by atoms with Gasteiger partial charge in [0.15, 0.2) is 0 Å². The molecule has 5 heteroatoms. The number of amides is 1. The molecule has 1 heterocycles. The predicted octanol–water partition coefficient (Wildman–Crippen LogP) is 1.89. The van der Waals surface area contributed by atoms with Crippen LogP contribution in [-0.2, 0) is 4.79 Å². The van der Waals surface area contributed by atoms with Gasteiger partial charge in [-0.1, -0.05) is 23.2 Å². The molecule has 0 radical (unpaired) electrons. The molecule has 0 bridgehead atoms. The first-order chi connectivity index (χ1) is 6.11. The maximum Gasteiger partial charge on any atom is 0.241 e. The van der Waals surface area contributed by atoms with Gasteiger partial charge in [0.2, 0.25) is 5.91 Å². The number of carbonyl (C=O) groups is 1. The van der Waals surface area contributed by atoms with E-state index in [1.54, 1.807) is 6.07 Å². The van der Waals surface area contributed by atoms with Crippen LogP contribution in [0.25, 0.3) is 6.08 Å². The largest absolute Gasteiger partial charge is 0.366 e. The van der Waals surface area contributed by atoms with Gasteiger partial charge in [0.1, 0.15) is 5.15 Å². The first kappa shape index (κ1) is 10.0. The van der Waals surface area contributed by atoms with Gasteiger partial charge in [-0.3, -0.25) is 4.79 Å². The number of rotatable bonds is 2. The van der Waals surface area contributed by atoms with Gasteiger partial charge in [0.25, 0.3) is 0 Å². The zero-order valence-corrected chi connectivity index (χ0v) is 8.01. The van der Waals surface area contributed by atoms with Crippen molar-refractivity contribution in [2.24, 2.45) is 5.73 Å². The number of nitrogens with zero attached hydrogens (tertiary/aromatic N) is 1. The molecule has 0 aromatic carbocycles. The van der Waals surface area contributed by atoms with Crippen LogP contribution in [-0.4, -0.2) is 10.9 Å². The molecular weight excluding hydrogens is 211 g/mol. The lowest BCUT2D eigenvalue weighted by atomic mass is 10.2. The second-order valence-electron chi connectivity index (χ2n) is 2.23. The summed E-state index contributed by atoms with van der Waals surface area (Å²) in [7, 11) is 0. The van der Waals surface area contributed by atoms with E-state index in [4.69, 9.17) is 28.9 Å². The van der Waals surface area contributed by atoms with Gasteiger partial charge >= 0.3 is 0 Å². The van der Waals surface area contributed by atoms with Crippen LogP contribution >= 0.6 is 23.2 Å². The Morgan fingerprint density at radius 3 is 2.77 bits per heavy atom. The molecule has 0 atom stereocenters. The van der Waals surface area contributed by atoms with Crippen LogP contribution in [0.1, 0.15) is 5.56 Å². The van der Waals surface area contributed by atoms with Crippen molar-refractivity contribution in [2.75, 3.05) is 0 Å². The lowest BCUT2D eigenvalue weighted by Gasteiger charge is -1.98. The Bertz CT molecular complexity index is 343. The van der Waals surface area contributed by atoms with E-state index in [1.807, 2.05) is 0 Å². The molecule has 1 aromatic heterocycles. The molecule has 0 aliphatic rings. The topological polar surface area (TPSA) is 56.0 Å². The van der Waals surface area contributed by atoms with Crippen LogP contribution in [0, 0.1) is 0 Å². The molecule has 3 nitrogen and oxygen atoms in total. The van der Waals surface area contributed by atoms with Crippen LogP contribution in [0.2, 0.25) is 10.2 Å². The Balaban J connectivity index is 3.06. The molecular formula is C8H6Cl2N2O. The van der Waals surface area contributed by atoms with Gasteiger partial charge in [-0.25, -0.2) is 4.98 Å². The molecule has 1 rings (SSSR count). The highest BCUT2D eigenvalue weighted by Crippen LogP contribution is 2.22. The van der Waals surface area contributed by atoms with Crippen LogP contribution in [0.3, 0.4) is 0 Å². The standard InChI is InChI=1S/C8H6Cl2N2O/c9-6-3-4-12-8(10)5(6)1-2-7(11)13/h1-4H,(H2,11,13). The average molecular weight is 217 g/mol. The maximum atomic E-state index is 10.4. The highest BCUT2D eigenvalue weighted by atomic mass is 35.5. The van der Waals surface area contributed by atoms with Crippen molar-refractivity contribution in [3.8, 4) is 0 Å². The highest BCUT2D eigenvalue weighted by Gasteiger charge is 2.02. The summed E-state index contributed by atoms with van der Waals surface area (Å²) in [5.41, 5.74) is 5.40. The summed E-state index contributed by atoms with van der Waals surface area (Å²) in [4.78, 5) is 14.2. The van der Waals surface area contributed by atoms with E-state index in [2.05, 4.69) is 4.98 Å². The van der Waals surface area contributed by atoms with Gasteiger partial charge in [-0.15, -0.1) is 0 Å². The van der Waals surface area contributed by atoms with Crippen LogP contribution in [0.15, 0.2) is 18.3 Å². The Morgan fingerprint density at radius 2 is 2.23 bits per heavy atom. The summed E-state index contributed by atoms with van der Waals surface area (Å²) in [6, 6.07) is 1.58. The number of hydrogen-bond donors (Lipinski definition) is 1. The van der Waals surface area contributed by atoms with Crippen molar-refractivity contribution in [1.82, 2.24) is 4.98 Å². The van der Waals surface area contributed by atoms with E-state index in [-0.39, 0.29) is 5.15 Å². The second kappa shape index (κ2) is 4.25. The maximum absolute atomic E-state index is 10.4. The quantitative estimate of drug-likeness (QED) is 0.607. The number of hydrogen-bond acceptors (Lipinski definition) is 2. The zero-order chi connectivity index (χ0) is 9.84. The molecule has 0 fully saturated rings. The highest BCUT2D eigenvalue weighted by molar-refractivity contribution is 6.36. The van der Waals surface area contributed by atoms with Gasteiger partial charge in [0, 0.05) is 17.8 Å². The minimum absolute atomic E-state index is 0.241. The van der Waals surface area contributed by atoms with Gasteiger partial charge in [-0.05, 0) is 12.1 Å². The SMILES string of the molecule is NC(=O)C=Cc1c(Cl)ccnc1Cl. The second-order valence-corrected chi connectivity index (χ2v) is 3.00. The number of pyridine rings is 1. The Morgan fingerprint density at radius 1 is 1.54 bits per heavy atom. The molecule has 0 spiro atoms. The van der Waals surface area contributed by atoms with E-state index in [0.29, 0.717) is 10.6 Å². The number of nitrogens with two attached hydrogens (primary N) is 1. The van der Waals surface area contributed by atoms with Crippen LogP contribution in [0.5, 0.6) is 0 Å². The van der Waals surface area contributed by atoms with Crippen molar-refractivity contribution in [2.45, 2.75) is 0 Å². The molecule has 1 amide bonds.